The van der Waals surface area contributed by atoms with E-state index >= 15 is 0 Å². The number of aromatic hydroxyl groups is 1. The Bertz CT molecular complexity index is 1030. The van der Waals surface area contributed by atoms with Gasteiger partial charge in [-0.15, -0.1) is 0 Å². The fourth-order valence-corrected chi connectivity index (χ4v) is 4.35. The molecule has 2 aromatic carbocycles. The largest absolute Gasteiger partial charge is 0.506 e. The lowest BCUT2D eigenvalue weighted by atomic mass is 10.2. The maximum atomic E-state index is 10.1. The van der Waals surface area contributed by atoms with Crippen molar-refractivity contribution in [1.29, 1.82) is 0 Å². The predicted molar refractivity (Wildman–Crippen MR) is 125 cm³/mol. The Labute approximate surface area is 188 Å². The Morgan fingerprint density at radius 1 is 1.33 bits per heavy atom. The monoisotopic (exact) mass is 607 g/mol. The first-order valence-corrected chi connectivity index (χ1v) is 10.4. The third-order valence-corrected chi connectivity index (χ3v) is 5.23. The van der Waals surface area contributed by atoms with Crippen molar-refractivity contribution >= 4 is 63.6 Å². The van der Waals surface area contributed by atoms with E-state index in [4.69, 9.17) is 17.0 Å². The minimum atomic E-state index is 0.184. The van der Waals surface area contributed by atoms with E-state index in [1.54, 1.807) is 4.68 Å². The highest BCUT2D eigenvalue weighted by atomic mass is 127. The third kappa shape index (κ3) is 4.79. The number of hydrogen-bond acceptors (Lipinski definition) is 6. The molecule has 10 heteroatoms. The van der Waals surface area contributed by atoms with Crippen LogP contribution in [-0.4, -0.2) is 32.8 Å². The van der Waals surface area contributed by atoms with E-state index in [0.29, 0.717) is 22.8 Å². The second-order valence-electron chi connectivity index (χ2n) is 5.33. The van der Waals surface area contributed by atoms with Gasteiger partial charge in [0, 0.05) is 14.7 Å². The van der Waals surface area contributed by atoms with Gasteiger partial charge in [-0.3, -0.25) is 0 Å². The van der Waals surface area contributed by atoms with Crippen molar-refractivity contribution in [3.8, 4) is 22.9 Å². The molecule has 0 amide bonds. The molecule has 3 rings (SSSR count). The van der Waals surface area contributed by atoms with Gasteiger partial charge in [0.15, 0.2) is 5.82 Å². The zero-order chi connectivity index (χ0) is 19.4. The molecule has 0 aliphatic rings. The summed E-state index contributed by atoms with van der Waals surface area (Å²) in [6.45, 7) is 2.55. The van der Waals surface area contributed by atoms with Crippen molar-refractivity contribution in [1.82, 2.24) is 14.9 Å². The number of phenolic OH excluding ortho intramolecular Hbond substituents is 1. The van der Waals surface area contributed by atoms with Gasteiger partial charge in [-0.2, -0.15) is 14.9 Å². The first-order chi connectivity index (χ1) is 13.0. The molecule has 1 heterocycles. The van der Waals surface area contributed by atoms with Crippen LogP contribution in [0, 0.1) is 11.9 Å². The number of nitrogens with zero attached hydrogens (tertiary/aromatic N) is 3. The van der Waals surface area contributed by atoms with Gasteiger partial charge in [0.2, 0.25) is 4.77 Å². The average Bonchev–Trinajstić information content (AvgIpc) is 3.01. The second kappa shape index (κ2) is 9.01. The van der Waals surface area contributed by atoms with Crippen LogP contribution in [0.15, 0.2) is 41.5 Å². The minimum absolute atomic E-state index is 0.184. The highest BCUT2D eigenvalue weighted by Gasteiger charge is 2.09. The summed E-state index contributed by atoms with van der Waals surface area (Å²) in [4.78, 5) is 0. The molecule has 7 nitrogen and oxygen atoms in total. The van der Waals surface area contributed by atoms with Gasteiger partial charge in [0.1, 0.15) is 11.5 Å². The molecule has 0 spiro atoms. The maximum absolute atomic E-state index is 10.1. The van der Waals surface area contributed by atoms with Crippen LogP contribution >= 0.6 is 57.4 Å². The summed E-state index contributed by atoms with van der Waals surface area (Å²) in [5, 5.41) is 21.3. The van der Waals surface area contributed by atoms with Crippen LogP contribution in [0.2, 0.25) is 0 Å². The topological polar surface area (TPSA) is 87.5 Å². The molecule has 1 aromatic heterocycles. The number of benzene rings is 2. The lowest BCUT2D eigenvalue weighted by Gasteiger charge is -2.07. The molecular formula is C17H15I2N5O2S. The minimum Gasteiger partial charge on any atom is -0.506 e. The summed E-state index contributed by atoms with van der Waals surface area (Å²) in [6, 6.07) is 11.3. The first-order valence-electron chi connectivity index (χ1n) is 7.87. The summed E-state index contributed by atoms with van der Waals surface area (Å²) in [5.74, 6) is 1.56. The van der Waals surface area contributed by atoms with E-state index in [-0.39, 0.29) is 5.75 Å². The highest BCUT2D eigenvalue weighted by Crippen LogP contribution is 2.25. The van der Waals surface area contributed by atoms with E-state index in [1.165, 1.54) is 6.21 Å². The van der Waals surface area contributed by atoms with E-state index in [9.17, 15) is 5.11 Å². The molecule has 0 aliphatic heterocycles. The Kier molecular flexibility index (Phi) is 6.70. The smallest absolute Gasteiger partial charge is 0.216 e. The van der Waals surface area contributed by atoms with Crippen LogP contribution in [0.1, 0.15) is 12.5 Å². The fraction of sp³-hybridized carbons (Fsp3) is 0.118. The Morgan fingerprint density at radius 3 is 2.78 bits per heavy atom. The zero-order valence-electron chi connectivity index (χ0n) is 14.1. The van der Waals surface area contributed by atoms with Crippen LogP contribution in [0.3, 0.4) is 0 Å². The predicted octanol–water partition coefficient (Wildman–Crippen LogP) is 4.50. The van der Waals surface area contributed by atoms with Crippen LogP contribution < -0.4 is 10.3 Å². The lowest BCUT2D eigenvalue weighted by molar-refractivity contribution is 0.340. The molecule has 0 atom stereocenters. The van der Waals surface area contributed by atoms with Gasteiger partial charge in [-0.1, -0.05) is 0 Å². The van der Waals surface area contributed by atoms with Crippen molar-refractivity contribution in [2.75, 3.05) is 12.1 Å². The van der Waals surface area contributed by atoms with Crippen LogP contribution in [0.25, 0.3) is 11.4 Å². The summed E-state index contributed by atoms with van der Waals surface area (Å²) in [6.07, 6.45) is 1.54. The highest BCUT2D eigenvalue weighted by molar-refractivity contribution is 14.1. The number of aromatic nitrogens is 3. The van der Waals surface area contributed by atoms with Crippen LogP contribution in [0.5, 0.6) is 11.5 Å². The van der Waals surface area contributed by atoms with E-state index in [0.717, 1.165) is 18.5 Å². The normalized spacial score (nSPS) is 11.1. The SMILES string of the molecule is CCOc1ccc(-c2n[nH]c(=S)n2NN=Cc2cc(I)cc(I)c2O)cc1. The van der Waals surface area contributed by atoms with Gasteiger partial charge < -0.3 is 9.84 Å². The van der Waals surface area contributed by atoms with Gasteiger partial charge in [0.25, 0.3) is 0 Å². The molecule has 3 N–H and O–H groups in total. The molecule has 0 unspecified atom stereocenters. The first kappa shape index (κ1) is 20.1. The van der Waals surface area contributed by atoms with Crippen molar-refractivity contribution in [2.45, 2.75) is 6.92 Å². The van der Waals surface area contributed by atoms with Crippen molar-refractivity contribution < 1.29 is 9.84 Å². The van der Waals surface area contributed by atoms with E-state index < -0.39 is 0 Å². The molecule has 140 valence electrons. The molecular weight excluding hydrogens is 592 g/mol. The molecule has 0 fully saturated rings. The third-order valence-electron chi connectivity index (χ3n) is 3.51. The van der Waals surface area contributed by atoms with Gasteiger partial charge in [0.05, 0.1) is 16.4 Å². The second-order valence-corrected chi connectivity index (χ2v) is 8.12. The van der Waals surface area contributed by atoms with Crippen molar-refractivity contribution in [3.05, 3.63) is 53.9 Å². The number of halogens is 2. The number of hydrazone groups is 1. The summed E-state index contributed by atoms with van der Waals surface area (Å²) in [5.41, 5.74) is 4.31. The number of H-pyrrole nitrogens is 1. The number of phenols is 1. The zero-order valence-corrected chi connectivity index (χ0v) is 19.2. The lowest BCUT2D eigenvalue weighted by Crippen LogP contribution is -2.10. The Balaban J connectivity index is 1.84. The summed E-state index contributed by atoms with van der Waals surface area (Å²) in [7, 11) is 0. The van der Waals surface area contributed by atoms with E-state index in [2.05, 4.69) is 66.0 Å². The summed E-state index contributed by atoms with van der Waals surface area (Å²) < 4.78 is 9.15. The number of aromatic amines is 1. The van der Waals surface area contributed by atoms with Crippen molar-refractivity contribution in [3.63, 3.8) is 0 Å². The van der Waals surface area contributed by atoms with Crippen molar-refractivity contribution in [2.24, 2.45) is 5.10 Å². The molecule has 0 bridgehead atoms. The average molecular weight is 607 g/mol. The molecule has 0 saturated carbocycles. The number of ether oxygens (including phenoxy) is 1. The standard InChI is InChI=1S/C17H15I2N5O2S/c1-2-26-13-5-3-10(4-6-13)16-21-22-17(27)24(16)23-20-9-11-7-12(18)8-14(19)15(11)25/h3-9,23,25H,2H2,1H3,(H,22,27). The van der Waals surface area contributed by atoms with Crippen LogP contribution in [-0.2, 0) is 0 Å². The van der Waals surface area contributed by atoms with Gasteiger partial charge in [-0.25, -0.2) is 10.6 Å². The fourth-order valence-electron chi connectivity index (χ4n) is 2.29. The Morgan fingerprint density at radius 2 is 2.07 bits per heavy atom. The quantitative estimate of drug-likeness (QED) is 0.167. The number of nitrogens with one attached hydrogen (secondary N) is 2. The molecule has 0 saturated heterocycles. The van der Waals surface area contributed by atoms with E-state index in [1.807, 2.05) is 43.3 Å². The molecule has 3 aromatic rings. The van der Waals surface area contributed by atoms with Gasteiger partial charge in [-0.05, 0) is 101 Å². The number of hydrogen-bond donors (Lipinski definition) is 3. The summed E-state index contributed by atoms with van der Waals surface area (Å²) >= 11 is 9.54. The Hall–Kier alpha value is -1.67. The number of rotatable bonds is 6. The molecule has 27 heavy (non-hydrogen) atoms. The molecule has 0 radical (unpaired) electrons. The van der Waals surface area contributed by atoms with Gasteiger partial charge >= 0.3 is 0 Å². The maximum Gasteiger partial charge on any atom is 0.216 e. The van der Waals surface area contributed by atoms with Crippen LogP contribution in [0.4, 0.5) is 0 Å². The molecule has 0 aliphatic carbocycles.